The first-order chi connectivity index (χ1) is 13.3. The monoisotopic (exact) mass is 479 g/mol. The van der Waals surface area contributed by atoms with Crippen LogP contribution in [0.2, 0.25) is 0 Å². The van der Waals surface area contributed by atoms with Gasteiger partial charge in [0.25, 0.3) is 0 Å². The van der Waals surface area contributed by atoms with Crippen LogP contribution in [0.25, 0.3) is 0 Å². The minimum atomic E-state index is -4.41. The van der Waals surface area contributed by atoms with Gasteiger partial charge in [0, 0.05) is 23.7 Å². The number of nitrogens with zero attached hydrogens (tertiary/aromatic N) is 1. The largest absolute Gasteiger partial charge is 0.492 e. The van der Waals surface area contributed by atoms with E-state index in [2.05, 4.69) is 20.9 Å². The molecule has 1 aromatic carbocycles. The van der Waals surface area contributed by atoms with Gasteiger partial charge in [-0.25, -0.2) is 4.98 Å². The van der Waals surface area contributed by atoms with E-state index in [1.165, 1.54) is 6.07 Å². The van der Waals surface area contributed by atoms with Gasteiger partial charge in [-0.05, 0) is 53.2 Å². The van der Waals surface area contributed by atoms with Crippen molar-refractivity contribution in [2.24, 2.45) is 0 Å². The zero-order valence-corrected chi connectivity index (χ0v) is 17.3. The van der Waals surface area contributed by atoms with Crippen molar-refractivity contribution in [1.82, 2.24) is 4.98 Å². The molecule has 0 aliphatic heterocycles. The Kier molecular flexibility index (Phi) is 8.44. The fourth-order valence-corrected chi connectivity index (χ4v) is 2.53. The van der Waals surface area contributed by atoms with Crippen LogP contribution in [0.5, 0.6) is 17.4 Å². The van der Waals surface area contributed by atoms with Gasteiger partial charge in [0.1, 0.15) is 18.1 Å². The van der Waals surface area contributed by atoms with Gasteiger partial charge in [0.2, 0.25) is 5.88 Å². The zero-order valence-electron chi connectivity index (χ0n) is 14.9. The average molecular weight is 481 g/mol. The maximum Gasteiger partial charge on any atom is 0.417 e. The Hall–Kier alpha value is -1.93. The number of alkyl halides is 3. The summed E-state index contributed by atoms with van der Waals surface area (Å²) in [7, 11) is 0. The second-order valence-electron chi connectivity index (χ2n) is 5.63. The summed E-state index contributed by atoms with van der Waals surface area (Å²) < 4.78 is 54.6. The number of allylic oxidation sites excluding steroid dienone is 1. The maximum atomic E-state index is 12.5. The van der Waals surface area contributed by atoms with Crippen molar-refractivity contribution in [2.45, 2.75) is 19.5 Å². The van der Waals surface area contributed by atoms with Gasteiger partial charge in [0.15, 0.2) is 0 Å². The molecule has 0 amide bonds. The van der Waals surface area contributed by atoms with Crippen LogP contribution in [-0.4, -0.2) is 24.8 Å². The summed E-state index contributed by atoms with van der Waals surface area (Å²) in [6, 6.07) is 7.47. The fraction of sp³-hybridized carbons (Fsp3) is 0.316. The molecule has 28 heavy (non-hydrogen) atoms. The first-order valence-corrected chi connectivity index (χ1v) is 9.46. The average Bonchev–Trinajstić information content (AvgIpc) is 2.62. The molecule has 0 aliphatic carbocycles. The van der Waals surface area contributed by atoms with Crippen molar-refractivity contribution in [3.05, 3.63) is 57.7 Å². The van der Waals surface area contributed by atoms with Crippen LogP contribution >= 0.6 is 27.5 Å². The van der Waals surface area contributed by atoms with Crippen molar-refractivity contribution in [1.29, 1.82) is 0 Å². The molecule has 0 N–H and O–H groups in total. The minimum Gasteiger partial charge on any atom is -0.492 e. The van der Waals surface area contributed by atoms with Gasteiger partial charge in [-0.15, -0.1) is 0 Å². The van der Waals surface area contributed by atoms with Crippen LogP contribution in [0.15, 0.2) is 52.1 Å². The summed E-state index contributed by atoms with van der Waals surface area (Å²) in [5, 5.41) is 0.660. The molecule has 0 aliphatic rings. The molecule has 2 rings (SSSR count). The molecule has 1 heterocycles. The van der Waals surface area contributed by atoms with E-state index in [0.29, 0.717) is 36.2 Å². The Morgan fingerprint density at radius 3 is 2.50 bits per heavy atom. The number of aromatic nitrogens is 1. The number of pyridine rings is 1. The second kappa shape index (κ2) is 10.6. The highest BCUT2D eigenvalue weighted by atomic mass is 79.9. The Labute approximate surface area is 174 Å². The number of hydrogen-bond acceptors (Lipinski definition) is 4. The van der Waals surface area contributed by atoms with Crippen LogP contribution in [0.1, 0.15) is 18.9 Å². The van der Waals surface area contributed by atoms with Gasteiger partial charge >= 0.3 is 6.18 Å². The van der Waals surface area contributed by atoms with Gasteiger partial charge < -0.3 is 14.2 Å². The van der Waals surface area contributed by atoms with Crippen molar-refractivity contribution < 1.29 is 27.4 Å². The molecule has 4 nitrogen and oxygen atoms in total. The predicted octanol–water partition coefficient (Wildman–Crippen LogP) is 6.23. The summed E-state index contributed by atoms with van der Waals surface area (Å²) in [5.74, 6) is 1.45. The van der Waals surface area contributed by atoms with Crippen molar-refractivity contribution in [3.63, 3.8) is 0 Å². The fourth-order valence-electron chi connectivity index (χ4n) is 1.99. The first-order valence-electron chi connectivity index (χ1n) is 8.29. The number of ether oxygens (including phenoxy) is 3. The number of rotatable bonds is 9. The van der Waals surface area contributed by atoms with Crippen molar-refractivity contribution in [3.8, 4) is 17.4 Å². The molecular formula is C19H18BrClF3NO3. The van der Waals surface area contributed by atoms with E-state index >= 15 is 0 Å². The molecule has 0 fully saturated rings. The van der Waals surface area contributed by atoms with Crippen molar-refractivity contribution in [2.75, 3.05) is 19.8 Å². The van der Waals surface area contributed by atoms with Crippen molar-refractivity contribution >= 4 is 27.5 Å². The van der Waals surface area contributed by atoms with E-state index in [9.17, 15) is 13.2 Å². The normalized spacial score (nSPS) is 12.0. The predicted molar refractivity (Wildman–Crippen MR) is 104 cm³/mol. The molecule has 0 saturated heterocycles. The lowest BCUT2D eigenvalue weighted by Gasteiger charge is -2.11. The molecule has 1 aromatic heterocycles. The van der Waals surface area contributed by atoms with E-state index in [-0.39, 0.29) is 12.5 Å². The summed E-state index contributed by atoms with van der Waals surface area (Å²) in [6.07, 6.45) is -1.37. The Balaban J connectivity index is 1.72. The SMILES string of the molecule is C/C(Cl)=C/COc1ccc(OCCCOc2ccc(C(F)(F)F)cn2)c(Br)c1. The van der Waals surface area contributed by atoms with Crippen LogP contribution in [-0.2, 0) is 6.18 Å². The van der Waals surface area contributed by atoms with Crippen LogP contribution in [0.4, 0.5) is 13.2 Å². The van der Waals surface area contributed by atoms with Crippen LogP contribution < -0.4 is 14.2 Å². The lowest BCUT2D eigenvalue weighted by molar-refractivity contribution is -0.137. The third kappa shape index (κ3) is 7.59. The molecule has 0 unspecified atom stereocenters. The van der Waals surface area contributed by atoms with Gasteiger partial charge in [-0.3, -0.25) is 0 Å². The smallest absolute Gasteiger partial charge is 0.417 e. The molecular weight excluding hydrogens is 463 g/mol. The maximum absolute atomic E-state index is 12.5. The standard InChI is InChI=1S/C19H18BrClF3NO3/c1-13(21)7-10-26-15-4-5-17(16(20)11-15)27-8-2-9-28-18-6-3-14(12-25-18)19(22,23)24/h3-7,11-12H,2,8-10H2,1H3/b13-7-. The molecule has 0 spiro atoms. The number of hydrogen-bond donors (Lipinski definition) is 0. The lowest BCUT2D eigenvalue weighted by atomic mass is 10.3. The summed E-state index contributed by atoms with van der Waals surface area (Å²) in [4.78, 5) is 3.64. The van der Waals surface area contributed by atoms with E-state index in [1.807, 2.05) is 0 Å². The van der Waals surface area contributed by atoms with Gasteiger partial charge in [0.05, 0.1) is 23.2 Å². The van der Waals surface area contributed by atoms with E-state index < -0.39 is 11.7 Å². The third-order valence-electron chi connectivity index (χ3n) is 3.38. The van der Waals surface area contributed by atoms with Gasteiger partial charge in [-0.1, -0.05) is 11.6 Å². The van der Waals surface area contributed by atoms with E-state index in [0.717, 1.165) is 16.7 Å². The third-order valence-corrected chi connectivity index (χ3v) is 4.15. The highest BCUT2D eigenvalue weighted by molar-refractivity contribution is 9.10. The van der Waals surface area contributed by atoms with E-state index in [4.69, 9.17) is 25.8 Å². The Morgan fingerprint density at radius 2 is 1.89 bits per heavy atom. The first kappa shape index (κ1) is 22.4. The van der Waals surface area contributed by atoms with E-state index in [1.54, 1.807) is 31.2 Å². The molecule has 0 bridgehead atoms. The Bertz CT molecular complexity index is 794. The molecule has 0 radical (unpaired) electrons. The number of halogens is 5. The highest BCUT2D eigenvalue weighted by Gasteiger charge is 2.30. The minimum absolute atomic E-state index is 0.136. The highest BCUT2D eigenvalue weighted by Crippen LogP contribution is 2.30. The Morgan fingerprint density at radius 1 is 1.14 bits per heavy atom. The summed E-state index contributed by atoms with van der Waals surface area (Å²) in [5.41, 5.74) is -0.811. The molecule has 2 aromatic rings. The molecule has 152 valence electrons. The zero-order chi connectivity index (χ0) is 20.6. The molecule has 0 saturated carbocycles. The topological polar surface area (TPSA) is 40.6 Å². The lowest BCUT2D eigenvalue weighted by Crippen LogP contribution is -2.08. The molecule has 9 heteroatoms. The van der Waals surface area contributed by atoms with Crippen LogP contribution in [0, 0.1) is 0 Å². The van der Waals surface area contributed by atoms with Gasteiger partial charge in [-0.2, -0.15) is 13.2 Å². The van der Waals surface area contributed by atoms with Crippen LogP contribution in [0.3, 0.4) is 0 Å². The second-order valence-corrected chi connectivity index (χ2v) is 7.08. The quantitative estimate of drug-likeness (QED) is 0.399. The number of benzene rings is 1. The summed E-state index contributed by atoms with van der Waals surface area (Å²) >= 11 is 9.16. The molecule has 0 atom stereocenters. The summed E-state index contributed by atoms with van der Waals surface area (Å²) in [6.45, 7) is 2.78.